The van der Waals surface area contributed by atoms with E-state index < -0.39 is 23.6 Å². The quantitative estimate of drug-likeness (QED) is 0.178. The lowest BCUT2D eigenvalue weighted by Gasteiger charge is -1.99. The molecule has 0 amide bonds. The summed E-state index contributed by atoms with van der Waals surface area (Å²) in [5.74, 6) is -3.60. The van der Waals surface area contributed by atoms with Gasteiger partial charge in [0.1, 0.15) is 17.5 Å². The van der Waals surface area contributed by atoms with Gasteiger partial charge in [-0.15, -0.1) is 0 Å². The maximum Gasteiger partial charge on any atom is 0.337 e. The molecule has 4 aromatic rings. The minimum Gasteiger partial charge on any atom is -0.478 e. The maximum absolute atomic E-state index is 13.1. The number of fused-ring (bicyclic) bond motifs is 1. The van der Waals surface area contributed by atoms with E-state index in [4.69, 9.17) is 15.3 Å². The number of aromatic amines is 1. The maximum atomic E-state index is 13.1. The second-order valence-corrected chi connectivity index (χ2v) is 8.95. The first-order valence-electron chi connectivity index (χ1n) is 9.39. The minimum absolute atomic E-state index is 0. The summed E-state index contributed by atoms with van der Waals surface area (Å²) in [7, 11) is 0. The smallest absolute Gasteiger partial charge is 0.337 e. The van der Waals surface area contributed by atoms with Crippen molar-refractivity contribution >= 4 is 79.0 Å². The molecule has 4 rings (SSSR count). The Kier molecular flexibility index (Phi) is 12.4. The number of benzene rings is 3. The number of nitrogens with one attached hydrogen (secondary N) is 1. The number of aliphatic hydroxyl groups excluding tert-OH is 1. The summed E-state index contributed by atoms with van der Waals surface area (Å²) < 4.78 is 38.9. The van der Waals surface area contributed by atoms with Crippen LogP contribution in [0.5, 0.6) is 0 Å². The zero-order valence-corrected chi connectivity index (χ0v) is 22.7. The van der Waals surface area contributed by atoms with E-state index in [1.807, 2.05) is 0 Å². The van der Waals surface area contributed by atoms with Crippen molar-refractivity contribution in [2.45, 2.75) is 6.61 Å². The predicted octanol–water partition coefficient (Wildman–Crippen LogP) is 6.75. The molecule has 0 bridgehead atoms. The number of hydrogen-bond donors (Lipinski definition) is 4. The molecule has 0 saturated carbocycles. The second-order valence-electron chi connectivity index (χ2n) is 6.57. The van der Waals surface area contributed by atoms with Crippen molar-refractivity contribution in [3.63, 3.8) is 0 Å². The molecular formula is C23H15BBr3F3NO5. The van der Waals surface area contributed by atoms with Gasteiger partial charge in [0.15, 0.2) is 0 Å². The number of carboxylic acid groups (broad SMARTS) is 2. The molecular weight excluding hydrogens is 678 g/mol. The predicted molar refractivity (Wildman–Crippen MR) is 140 cm³/mol. The SMILES string of the molecule is O=C(O)c1c[nH]c2ccc(F)c(Br)c12.O=C(O)c1cccc(F)c1Br.OCc1cccc(F)c1Br.[B]. The molecule has 3 aromatic carbocycles. The molecule has 0 aliphatic carbocycles. The van der Waals surface area contributed by atoms with Gasteiger partial charge in [0.05, 0.1) is 31.2 Å². The van der Waals surface area contributed by atoms with Gasteiger partial charge in [0.2, 0.25) is 0 Å². The number of carbonyl (C=O) groups is 2. The third-order valence-electron chi connectivity index (χ3n) is 4.35. The molecule has 13 heteroatoms. The summed E-state index contributed by atoms with van der Waals surface area (Å²) in [6.07, 6.45) is 1.34. The number of carboxylic acids is 2. The number of H-pyrrole nitrogens is 1. The lowest BCUT2D eigenvalue weighted by Crippen LogP contribution is -1.98. The molecule has 187 valence electrons. The number of aromatic carboxylic acids is 2. The summed E-state index contributed by atoms with van der Waals surface area (Å²) in [6.45, 7) is -0.141. The van der Waals surface area contributed by atoms with Crippen LogP contribution in [0.15, 0.2) is 68.1 Å². The highest BCUT2D eigenvalue weighted by Gasteiger charge is 2.15. The molecule has 0 spiro atoms. The van der Waals surface area contributed by atoms with Gasteiger partial charge >= 0.3 is 11.9 Å². The fourth-order valence-electron chi connectivity index (χ4n) is 2.66. The van der Waals surface area contributed by atoms with Crippen molar-refractivity contribution < 1.29 is 38.1 Å². The molecule has 3 radical (unpaired) electrons. The van der Waals surface area contributed by atoms with Crippen LogP contribution in [0.4, 0.5) is 13.2 Å². The molecule has 0 atom stereocenters. The number of aromatic nitrogens is 1. The Labute approximate surface area is 230 Å². The van der Waals surface area contributed by atoms with Crippen LogP contribution in [0, 0.1) is 17.5 Å². The van der Waals surface area contributed by atoms with Crippen LogP contribution in [0.2, 0.25) is 0 Å². The van der Waals surface area contributed by atoms with Gasteiger partial charge < -0.3 is 20.3 Å². The first kappa shape index (κ1) is 31.4. The molecule has 0 fully saturated rings. The average Bonchev–Trinajstić information content (AvgIpc) is 3.26. The minimum atomic E-state index is -1.14. The average molecular weight is 693 g/mol. The molecule has 0 unspecified atom stereocenters. The van der Waals surface area contributed by atoms with Crippen LogP contribution < -0.4 is 0 Å². The number of aliphatic hydroxyl groups is 1. The number of hydrogen-bond acceptors (Lipinski definition) is 3. The van der Waals surface area contributed by atoms with Crippen LogP contribution in [-0.2, 0) is 6.61 Å². The molecule has 0 saturated heterocycles. The Hall–Kier alpha value is -2.61. The summed E-state index contributed by atoms with van der Waals surface area (Å²) in [6, 6.07) is 11.2. The number of rotatable bonds is 3. The lowest BCUT2D eigenvalue weighted by molar-refractivity contribution is 0.0686. The van der Waals surface area contributed by atoms with Crippen molar-refractivity contribution in [2.24, 2.45) is 0 Å². The van der Waals surface area contributed by atoms with Gasteiger partial charge in [-0.1, -0.05) is 18.2 Å². The van der Waals surface area contributed by atoms with Gasteiger partial charge in [0, 0.05) is 25.5 Å². The van der Waals surface area contributed by atoms with E-state index in [0.717, 1.165) is 0 Å². The zero-order chi connectivity index (χ0) is 26.3. The van der Waals surface area contributed by atoms with Crippen molar-refractivity contribution in [3.05, 3.63) is 102 Å². The Morgan fingerprint density at radius 2 is 1.28 bits per heavy atom. The van der Waals surface area contributed by atoms with E-state index in [1.165, 1.54) is 42.6 Å². The van der Waals surface area contributed by atoms with E-state index in [2.05, 4.69) is 52.8 Å². The fourth-order valence-corrected chi connectivity index (χ4v) is 4.05. The Balaban J connectivity index is 0.000000271. The van der Waals surface area contributed by atoms with Gasteiger partial charge in [-0.2, -0.15) is 0 Å². The summed E-state index contributed by atoms with van der Waals surface area (Å²) >= 11 is 8.85. The van der Waals surface area contributed by atoms with Crippen molar-refractivity contribution in [3.8, 4) is 0 Å². The summed E-state index contributed by atoms with van der Waals surface area (Å²) in [5.41, 5.74) is 1.16. The van der Waals surface area contributed by atoms with Crippen LogP contribution in [0.1, 0.15) is 26.3 Å². The van der Waals surface area contributed by atoms with E-state index in [-0.39, 0.29) is 40.9 Å². The van der Waals surface area contributed by atoms with Gasteiger partial charge in [0.25, 0.3) is 0 Å². The first-order chi connectivity index (χ1) is 16.5. The van der Waals surface area contributed by atoms with Crippen molar-refractivity contribution in [2.75, 3.05) is 0 Å². The third kappa shape index (κ3) is 7.69. The van der Waals surface area contributed by atoms with Gasteiger partial charge in [-0.3, -0.25) is 0 Å². The Morgan fingerprint density at radius 1 is 0.750 bits per heavy atom. The zero-order valence-electron chi connectivity index (χ0n) is 17.9. The Bertz CT molecular complexity index is 1380. The molecule has 4 N–H and O–H groups in total. The largest absolute Gasteiger partial charge is 0.478 e. The molecule has 36 heavy (non-hydrogen) atoms. The van der Waals surface area contributed by atoms with Gasteiger partial charge in [-0.25, -0.2) is 22.8 Å². The second kappa shape index (κ2) is 14.2. The normalized spacial score (nSPS) is 9.86. The van der Waals surface area contributed by atoms with E-state index in [1.54, 1.807) is 12.1 Å². The van der Waals surface area contributed by atoms with E-state index in [0.29, 0.717) is 20.9 Å². The molecule has 1 heterocycles. The topological polar surface area (TPSA) is 111 Å². The van der Waals surface area contributed by atoms with E-state index >= 15 is 0 Å². The lowest BCUT2D eigenvalue weighted by atomic mass is 10.2. The molecule has 0 aliphatic heterocycles. The van der Waals surface area contributed by atoms with Crippen LogP contribution >= 0.6 is 47.8 Å². The monoisotopic (exact) mass is 690 g/mol. The molecule has 6 nitrogen and oxygen atoms in total. The third-order valence-corrected chi connectivity index (χ3v) is 6.82. The van der Waals surface area contributed by atoms with Gasteiger partial charge in [-0.05, 0) is 83.7 Å². The molecule has 0 aliphatic rings. The number of halogens is 6. The van der Waals surface area contributed by atoms with E-state index in [9.17, 15) is 22.8 Å². The summed E-state index contributed by atoms with van der Waals surface area (Å²) in [5, 5.41) is 26.3. The highest BCUT2D eigenvalue weighted by molar-refractivity contribution is 9.11. The highest BCUT2D eigenvalue weighted by Crippen LogP contribution is 2.29. The first-order valence-corrected chi connectivity index (χ1v) is 11.8. The fraction of sp³-hybridized carbons (Fsp3) is 0.0435. The summed E-state index contributed by atoms with van der Waals surface area (Å²) in [4.78, 5) is 23.9. The van der Waals surface area contributed by atoms with Crippen LogP contribution in [0.25, 0.3) is 10.9 Å². The van der Waals surface area contributed by atoms with Crippen molar-refractivity contribution in [1.29, 1.82) is 0 Å². The molecule has 1 aromatic heterocycles. The Morgan fingerprint density at radius 3 is 1.78 bits per heavy atom. The standard InChI is InChI=1S/C9H5BrFNO2.C7H4BrFO2.C7H6BrFO.B/c10-8-5(11)1-2-6-7(8)4(3-12-6)9(13)14;8-6-4(7(10)11)2-1-3-5(6)9;8-7-5(4-10)2-1-3-6(7)9;/h1-3,12H,(H,13,14);1-3H,(H,10,11);1-3,10H,4H2;. The highest BCUT2D eigenvalue weighted by atomic mass is 79.9. The van der Waals surface area contributed by atoms with Crippen LogP contribution in [-0.4, -0.2) is 40.7 Å². The van der Waals surface area contributed by atoms with Crippen molar-refractivity contribution in [1.82, 2.24) is 4.98 Å². The van der Waals surface area contributed by atoms with Crippen LogP contribution in [0.3, 0.4) is 0 Å².